The molecule has 7 heteroatoms. The van der Waals surface area contributed by atoms with E-state index in [0.29, 0.717) is 55.3 Å². The van der Waals surface area contributed by atoms with Crippen molar-refractivity contribution >= 4 is 5.97 Å². The molecule has 1 unspecified atom stereocenters. The average Bonchev–Trinajstić information content (AvgIpc) is 3.10. The van der Waals surface area contributed by atoms with Crippen molar-refractivity contribution in [3.63, 3.8) is 0 Å². The van der Waals surface area contributed by atoms with Crippen LogP contribution in [0.15, 0.2) is 5.11 Å². The van der Waals surface area contributed by atoms with Gasteiger partial charge in [-0.2, -0.15) is 0 Å². The predicted octanol–water partition coefficient (Wildman–Crippen LogP) is 5.20. The van der Waals surface area contributed by atoms with E-state index in [1.807, 2.05) is 0 Å². The first-order valence-corrected chi connectivity index (χ1v) is 12.6. The summed E-state index contributed by atoms with van der Waals surface area (Å²) in [6.45, 7) is 7.10. The zero-order valence-corrected chi connectivity index (χ0v) is 20.2. The molecule has 0 bridgehead atoms. The van der Waals surface area contributed by atoms with Gasteiger partial charge in [0.1, 0.15) is 5.72 Å². The lowest BCUT2D eigenvalue weighted by Crippen LogP contribution is -2.59. The van der Waals surface area contributed by atoms with Crippen LogP contribution < -0.4 is 0 Å². The number of ether oxygens (including phenoxy) is 1. The number of hydrogen-bond acceptors (Lipinski definition) is 5. The van der Waals surface area contributed by atoms with E-state index in [1.54, 1.807) is 0 Å². The van der Waals surface area contributed by atoms with E-state index >= 15 is 0 Å². The first kappa shape index (κ1) is 23.8. The van der Waals surface area contributed by atoms with Gasteiger partial charge in [-0.25, -0.2) is 0 Å². The highest BCUT2D eigenvalue weighted by Gasteiger charge is 2.63. The second-order valence-electron chi connectivity index (χ2n) is 12.0. The fourth-order valence-electron chi connectivity index (χ4n) is 8.99. The molecular formula is C25H41N3O4. The lowest BCUT2D eigenvalue weighted by molar-refractivity contribution is -0.187. The highest BCUT2D eigenvalue weighted by molar-refractivity contribution is 5.69. The molecule has 7 nitrogen and oxygen atoms in total. The molecule has 4 aliphatic carbocycles. The fourth-order valence-corrected chi connectivity index (χ4v) is 8.99. The molecule has 0 aromatic carbocycles. The molecule has 4 saturated carbocycles. The van der Waals surface area contributed by atoms with E-state index in [-0.39, 0.29) is 28.8 Å². The standard InChI is InChI=1S/C25H41N3O4/c1-15(5-8-21(30)32-4)17-6-7-18-22-19(9-10-24(17,18)3)23(2)11-12-25(31,27-28-26)14-16(23)13-20(22)29/h15-20,22,29,31H,5-14H2,1-4H3/t15-,16?,17-,18+,19+,20-,22+,23+,24-,25-/m1/s1. The van der Waals surface area contributed by atoms with E-state index in [4.69, 9.17) is 10.3 Å². The van der Waals surface area contributed by atoms with E-state index < -0.39 is 5.72 Å². The van der Waals surface area contributed by atoms with Crippen LogP contribution in [0, 0.1) is 46.3 Å². The summed E-state index contributed by atoms with van der Waals surface area (Å²) >= 11 is 0. The number of rotatable bonds is 5. The van der Waals surface area contributed by atoms with E-state index in [2.05, 4.69) is 30.8 Å². The SMILES string of the molecule is COC(=O)CC[C@@H](C)[C@H]1CC[C@H]2[C@@H]3[C@H](O)CC4C[C@@](O)(N=[N+]=[N-])CC[C@]4(C)[C@H]3CC[C@]12C. The molecule has 2 N–H and O–H groups in total. The second-order valence-corrected chi connectivity index (χ2v) is 12.0. The lowest BCUT2D eigenvalue weighted by atomic mass is 9.43. The molecule has 0 heterocycles. The summed E-state index contributed by atoms with van der Waals surface area (Å²) in [5.74, 6) is 2.38. The third-order valence-electron chi connectivity index (χ3n) is 10.7. The molecule has 0 amide bonds. The third kappa shape index (κ3) is 3.74. The third-order valence-corrected chi connectivity index (χ3v) is 10.7. The van der Waals surface area contributed by atoms with Crippen molar-refractivity contribution in [3.8, 4) is 0 Å². The topological polar surface area (TPSA) is 116 Å². The van der Waals surface area contributed by atoms with Gasteiger partial charge in [0.2, 0.25) is 0 Å². The van der Waals surface area contributed by atoms with Crippen LogP contribution in [0.5, 0.6) is 0 Å². The molecule has 4 rings (SSSR count). The average molecular weight is 448 g/mol. The zero-order valence-electron chi connectivity index (χ0n) is 20.2. The predicted molar refractivity (Wildman–Crippen MR) is 121 cm³/mol. The molecule has 4 fully saturated rings. The largest absolute Gasteiger partial charge is 0.469 e. The Hall–Kier alpha value is -1.30. The van der Waals surface area contributed by atoms with Gasteiger partial charge >= 0.3 is 5.97 Å². The van der Waals surface area contributed by atoms with Crippen LogP contribution in [-0.2, 0) is 9.53 Å². The number of carbonyl (C=O) groups is 1. The van der Waals surface area contributed by atoms with Gasteiger partial charge in [-0.15, -0.1) is 0 Å². The van der Waals surface area contributed by atoms with E-state index in [9.17, 15) is 15.0 Å². The Balaban J connectivity index is 1.53. The minimum Gasteiger partial charge on any atom is -0.469 e. The smallest absolute Gasteiger partial charge is 0.305 e. The maximum absolute atomic E-state index is 11.7. The van der Waals surface area contributed by atoms with Gasteiger partial charge in [0, 0.05) is 11.3 Å². The maximum Gasteiger partial charge on any atom is 0.305 e. The van der Waals surface area contributed by atoms with Crippen molar-refractivity contribution in [2.45, 2.75) is 96.8 Å². The van der Waals surface area contributed by atoms with Gasteiger partial charge in [-0.1, -0.05) is 25.9 Å². The summed E-state index contributed by atoms with van der Waals surface area (Å²) in [4.78, 5) is 14.6. The minimum absolute atomic E-state index is 0.0804. The van der Waals surface area contributed by atoms with E-state index in [1.165, 1.54) is 20.0 Å². The molecule has 0 radical (unpaired) electrons. The Morgan fingerprint density at radius 2 is 1.91 bits per heavy atom. The number of azide groups is 1. The molecule has 0 aromatic heterocycles. The number of fused-ring (bicyclic) bond motifs is 5. The number of aliphatic hydroxyl groups is 2. The number of nitrogens with zero attached hydrogens (tertiary/aromatic N) is 3. The maximum atomic E-state index is 11.7. The second kappa shape index (κ2) is 8.48. The number of esters is 1. The van der Waals surface area contributed by atoms with Crippen LogP contribution in [0.2, 0.25) is 0 Å². The van der Waals surface area contributed by atoms with Crippen LogP contribution >= 0.6 is 0 Å². The molecule has 0 aromatic rings. The molecule has 180 valence electrons. The monoisotopic (exact) mass is 447 g/mol. The first-order chi connectivity index (χ1) is 15.1. The van der Waals surface area contributed by atoms with Crippen LogP contribution in [0.4, 0.5) is 0 Å². The summed E-state index contributed by atoms with van der Waals surface area (Å²) in [7, 11) is 1.46. The minimum atomic E-state index is -1.30. The normalized spacial score (nSPS) is 48.6. The number of hydrogen-bond donors (Lipinski definition) is 2. The van der Waals surface area contributed by atoms with Gasteiger partial charge in [-0.3, -0.25) is 4.79 Å². The Kier molecular flexibility index (Phi) is 6.32. The summed E-state index contributed by atoms with van der Waals surface area (Å²) in [5.41, 5.74) is 7.88. The number of carbonyl (C=O) groups excluding carboxylic acids is 1. The Morgan fingerprint density at radius 3 is 2.59 bits per heavy atom. The molecule has 0 spiro atoms. The Bertz CT molecular complexity index is 785. The van der Waals surface area contributed by atoms with Crippen LogP contribution in [0.25, 0.3) is 10.4 Å². The highest BCUT2D eigenvalue weighted by Crippen LogP contribution is 2.69. The summed E-state index contributed by atoms with van der Waals surface area (Å²) < 4.78 is 4.85. The van der Waals surface area contributed by atoms with Crippen molar-refractivity contribution < 1.29 is 19.7 Å². The number of aliphatic hydroxyl groups excluding tert-OH is 1. The van der Waals surface area contributed by atoms with Crippen LogP contribution in [-0.4, -0.2) is 35.1 Å². The van der Waals surface area contributed by atoms with Crippen molar-refractivity contribution in [1.29, 1.82) is 0 Å². The van der Waals surface area contributed by atoms with Crippen molar-refractivity contribution in [1.82, 2.24) is 0 Å². The highest BCUT2D eigenvalue weighted by atomic mass is 16.5. The van der Waals surface area contributed by atoms with Gasteiger partial charge < -0.3 is 14.9 Å². The molecule has 4 aliphatic rings. The molecule has 32 heavy (non-hydrogen) atoms. The fraction of sp³-hybridized carbons (Fsp3) is 0.960. The zero-order chi connectivity index (χ0) is 23.3. The van der Waals surface area contributed by atoms with E-state index in [0.717, 1.165) is 25.7 Å². The summed E-state index contributed by atoms with van der Waals surface area (Å²) in [5, 5.41) is 25.9. The van der Waals surface area contributed by atoms with Crippen LogP contribution in [0.1, 0.15) is 85.0 Å². The van der Waals surface area contributed by atoms with Crippen molar-refractivity contribution in [2.75, 3.05) is 7.11 Å². The van der Waals surface area contributed by atoms with Crippen molar-refractivity contribution in [3.05, 3.63) is 10.4 Å². The van der Waals surface area contributed by atoms with Crippen LogP contribution in [0.3, 0.4) is 0 Å². The van der Waals surface area contributed by atoms with Gasteiger partial charge in [0.05, 0.1) is 13.2 Å². The summed E-state index contributed by atoms with van der Waals surface area (Å²) in [6, 6.07) is 0. The molecule has 0 aliphatic heterocycles. The molecule has 10 atom stereocenters. The first-order valence-electron chi connectivity index (χ1n) is 12.6. The Labute approximate surface area is 191 Å². The summed E-state index contributed by atoms with van der Waals surface area (Å²) in [6.07, 6.45) is 8.12. The molecular weight excluding hydrogens is 406 g/mol. The number of methoxy groups -OCH3 is 1. The van der Waals surface area contributed by atoms with Gasteiger partial charge in [0.25, 0.3) is 0 Å². The quantitative estimate of drug-likeness (QED) is 0.261. The Morgan fingerprint density at radius 1 is 1.19 bits per heavy atom. The van der Waals surface area contributed by atoms with Gasteiger partial charge in [0.15, 0.2) is 0 Å². The molecule has 0 saturated heterocycles. The lowest BCUT2D eigenvalue weighted by Gasteiger charge is -2.63. The van der Waals surface area contributed by atoms with Gasteiger partial charge in [-0.05, 0) is 110 Å². The van der Waals surface area contributed by atoms with Crippen molar-refractivity contribution in [2.24, 2.45) is 51.5 Å².